The van der Waals surface area contributed by atoms with Gasteiger partial charge in [-0.25, -0.2) is 0 Å². The Balaban J connectivity index is 2.03. The van der Waals surface area contributed by atoms with Crippen LogP contribution in [0.1, 0.15) is 24.0 Å². The minimum atomic E-state index is -0.322. The Morgan fingerprint density at radius 1 is 1.43 bits per heavy atom. The lowest BCUT2D eigenvalue weighted by Gasteiger charge is -2.30. The van der Waals surface area contributed by atoms with E-state index in [2.05, 4.69) is 15.9 Å². The number of hydrogen-bond acceptors (Lipinski definition) is 2. The maximum Gasteiger partial charge on any atom is 0.246 e. The molecule has 1 unspecified atom stereocenters. The summed E-state index contributed by atoms with van der Waals surface area (Å²) in [7, 11) is 0. The predicted octanol–water partition coefficient (Wildman–Crippen LogP) is 2.49. The van der Waals surface area contributed by atoms with Gasteiger partial charge >= 0.3 is 0 Å². The van der Waals surface area contributed by atoms with Gasteiger partial charge in [-0.15, -0.1) is 0 Å². The molecule has 2 N–H and O–H groups in total. The molecule has 21 heavy (non-hydrogen) atoms. The molecule has 0 spiro atoms. The molecule has 2 amide bonds. The molecule has 1 saturated heterocycles. The van der Waals surface area contributed by atoms with Gasteiger partial charge in [0.05, 0.1) is 5.92 Å². The summed E-state index contributed by atoms with van der Waals surface area (Å²) < 4.78 is 0.959. The number of nitrogens with two attached hydrogens (primary N) is 1. The molecular formula is C16H19BrN2O2. The highest BCUT2D eigenvalue weighted by Crippen LogP contribution is 2.20. The molecule has 1 heterocycles. The van der Waals surface area contributed by atoms with Crippen LogP contribution in [0, 0.1) is 12.8 Å². The van der Waals surface area contributed by atoms with Gasteiger partial charge in [-0.1, -0.05) is 28.1 Å². The van der Waals surface area contributed by atoms with Gasteiger partial charge in [0.15, 0.2) is 0 Å². The number of benzene rings is 1. The van der Waals surface area contributed by atoms with Crippen molar-refractivity contribution in [2.75, 3.05) is 13.1 Å². The van der Waals surface area contributed by atoms with Crippen LogP contribution in [-0.4, -0.2) is 29.8 Å². The SMILES string of the molecule is Cc1ccc(C=CC(=O)N2CCCC(C(N)=O)C2)c(Br)c1. The zero-order valence-electron chi connectivity index (χ0n) is 12.0. The quantitative estimate of drug-likeness (QED) is 0.851. The van der Waals surface area contributed by atoms with Gasteiger partial charge in [-0.2, -0.15) is 0 Å². The maximum atomic E-state index is 12.2. The molecule has 4 nitrogen and oxygen atoms in total. The highest BCUT2D eigenvalue weighted by atomic mass is 79.9. The molecule has 0 aliphatic carbocycles. The summed E-state index contributed by atoms with van der Waals surface area (Å²) in [5.41, 5.74) is 7.44. The van der Waals surface area contributed by atoms with Gasteiger partial charge in [-0.3, -0.25) is 9.59 Å². The zero-order valence-corrected chi connectivity index (χ0v) is 13.6. The van der Waals surface area contributed by atoms with Crippen molar-refractivity contribution in [1.29, 1.82) is 0 Å². The van der Waals surface area contributed by atoms with Gasteiger partial charge in [-0.05, 0) is 43.0 Å². The number of rotatable bonds is 3. The molecule has 1 aliphatic heterocycles. The van der Waals surface area contributed by atoms with Crippen LogP contribution in [0.3, 0.4) is 0 Å². The molecule has 1 aromatic carbocycles. The molecule has 1 aliphatic rings. The normalized spacial score (nSPS) is 19.0. The number of aryl methyl sites for hydroxylation is 1. The standard InChI is InChI=1S/C16H19BrN2O2/c1-11-4-5-12(14(17)9-11)6-7-15(20)19-8-2-3-13(10-19)16(18)21/h4-7,9,13H,2-3,8,10H2,1H3,(H2,18,21). The number of primary amides is 1. The molecule has 2 rings (SSSR count). The monoisotopic (exact) mass is 350 g/mol. The lowest BCUT2D eigenvalue weighted by molar-refractivity contribution is -0.130. The van der Waals surface area contributed by atoms with Crippen molar-refractivity contribution >= 4 is 33.8 Å². The van der Waals surface area contributed by atoms with Gasteiger partial charge in [0, 0.05) is 23.6 Å². The Bertz CT molecular complexity index is 584. The van der Waals surface area contributed by atoms with E-state index in [9.17, 15) is 9.59 Å². The van der Waals surface area contributed by atoms with Crippen LogP contribution in [0.5, 0.6) is 0 Å². The lowest BCUT2D eigenvalue weighted by atomic mass is 9.97. The summed E-state index contributed by atoms with van der Waals surface area (Å²) >= 11 is 3.48. The smallest absolute Gasteiger partial charge is 0.246 e. The summed E-state index contributed by atoms with van der Waals surface area (Å²) in [6, 6.07) is 5.97. The first-order chi connectivity index (χ1) is 9.97. The second-order valence-electron chi connectivity index (χ2n) is 5.38. The fourth-order valence-corrected chi connectivity index (χ4v) is 3.07. The first kappa shape index (κ1) is 15.8. The third-order valence-corrected chi connectivity index (χ3v) is 4.38. The number of carbonyl (C=O) groups excluding carboxylic acids is 2. The molecule has 0 bridgehead atoms. The number of hydrogen-bond donors (Lipinski definition) is 1. The summed E-state index contributed by atoms with van der Waals surface area (Å²) in [6.07, 6.45) is 4.94. The highest BCUT2D eigenvalue weighted by molar-refractivity contribution is 9.10. The van der Waals surface area contributed by atoms with Crippen LogP contribution in [-0.2, 0) is 9.59 Å². The molecule has 0 radical (unpaired) electrons. The van der Waals surface area contributed by atoms with Crippen molar-refractivity contribution in [3.8, 4) is 0 Å². The maximum absolute atomic E-state index is 12.2. The van der Waals surface area contributed by atoms with Crippen LogP contribution in [0.25, 0.3) is 6.08 Å². The van der Waals surface area contributed by atoms with E-state index in [-0.39, 0.29) is 17.7 Å². The van der Waals surface area contributed by atoms with Crippen molar-refractivity contribution < 1.29 is 9.59 Å². The molecule has 1 aromatic rings. The topological polar surface area (TPSA) is 63.4 Å². The van der Waals surface area contributed by atoms with E-state index in [1.165, 1.54) is 0 Å². The van der Waals surface area contributed by atoms with Crippen molar-refractivity contribution in [1.82, 2.24) is 4.90 Å². The summed E-state index contributed by atoms with van der Waals surface area (Å²) in [5.74, 6) is -0.617. The minimum Gasteiger partial charge on any atom is -0.369 e. The van der Waals surface area contributed by atoms with Crippen LogP contribution < -0.4 is 5.73 Å². The number of carbonyl (C=O) groups is 2. The van der Waals surface area contributed by atoms with Gasteiger partial charge in [0.1, 0.15) is 0 Å². The van der Waals surface area contributed by atoms with E-state index in [1.807, 2.05) is 25.1 Å². The first-order valence-corrected chi connectivity index (χ1v) is 7.79. The van der Waals surface area contributed by atoms with Crippen LogP contribution in [0.2, 0.25) is 0 Å². The molecular weight excluding hydrogens is 332 g/mol. The Kier molecular flexibility index (Phi) is 5.17. The average Bonchev–Trinajstić information content (AvgIpc) is 2.46. The van der Waals surface area contributed by atoms with Gasteiger partial charge in [0.25, 0.3) is 0 Å². The Hall–Kier alpha value is -1.62. The Morgan fingerprint density at radius 2 is 2.19 bits per heavy atom. The number of piperidine rings is 1. The minimum absolute atomic E-state index is 0.0755. The third kappa shape index (κ3) is 4.17. The van der Waals surface area contributed by atoms with Crippen molar-refractivity contribution in [3.63, 3.8) is 0 Å². The average molecular weight is 351 g/mol. The van der Waals surface area contributed by atoms with Crippen molar-refractivity contribution in [2.45, 2.75) is 19.8 Å². The fourth-order valence-electron chi connectivity index (χ4n) is 2.44. The number of halogens is 1. The number of amides is 2. The van der Waals surface area contributed by atoms with Crippen molar-refractivity contribution in [3.05, 3.63) is 39.9 Å². The number of likely N-dealkylation sites (tertiary alicyclic amines) is 1. The van der Waals surface area contributed by atoms with Crippen LogP contribution in [0.15, 0.2) is 28.7 Å². The third-order valence-electron chi connectivity index (χ3n) is 3.70. The fraction of sp³-hybridized carbons (Fsp3) is 0.375. The highest BCUT2D eigenvalue weighted by Gasteiger charge is 2.25. The molecule has 1 atom stereocenters. The van der Waals surface area contributed by atoms with E-state index in [4.69, 9.17) is 5.73 Å². The molecule has 0 aromatic heterocycles. The molecule has 1 fully saturated rings. The van der Waals surface area contributed by atoms with Crippen molar-refractivity contribution in [2.24, 2.45) is 11.7 Å². The Labute approximate surface area is 133 Å². The second kappa shape index (κ2) is 6.89. The molecule has 112 valence electrons. The van der Waals surface area contributed by atoms with E-state index < -0.39 is 0 Å². The summed E-state index contributed by atoms with van der Waals surface area (Å²) in [4.78, 5) is 25.1. The molecule has 0 saturated carbocycles. The molecule has 5 heteroatoms. The first-order valence-electron chi connectivity index (χ1n) is 7.00. The van der Waals surface area contributed by atoms with E-state index in [1.54, 1.807) is 17.1 Å². The van der Waals surface area contributed by atoms with E-state index in [0.29, 0.717) is 13.1 Å². The lowest BCUT2D eigenvalue weighted by Crippen LogP contribution is -2.43. The summed E-state index contributed by atoms with van der Waals surface area (Å²) in [5, 5.41) is 0. The van der Waals surface area contributed by atoms with Gasteiger partial charge in [0.2, 0.25) is 11.8 Å². The van der Waals surface area contributed by atoms with Crippen LogP contribution >= 0.6 is 15.9 Å². The second-order valence-corrected chi connectivity index (χ2v) is 6.24. The largest absolute Gasteiger partial charge is 0.369 e. The number of nitrogens with zero attached hydrogens (tertiary/aromatic N) is 1. The summed E-state index contributed by atoms with van der Waals surface area (Å²) in [6.45, 7) is 3.12. The predicted molar refractivity (Wildman–Crippen MR) is 86.4 cm³/mol. The zero-order chi connectivity index (χ0) is 15.4. The Morgan fingerprint density at radius 3 is 2.86 bits per heavy atom. The van der Waals surface area contributed by atoms with Crippen LogP contribution in [0.4, 0.5) is 0 Å². The van der Waals surface area contributed by atoms with E-state index >= 15 is 0 Å². The van der Waals surface area contributed by atoms with E-state index in [0.717, 1.165) is 28.4 Å². The van der Waals surface area contributed by atoms with Gasteiger partial charge < -0.3 is 10.6 Å².